The number of nitrogens with zero attached hydrogens (tertiary/aromatic N) is 1. The number of ether oxygens (including phenoxy) is 1. The minimum atomic E-state index is -4.92. The fourth-order valence-electron chi connectivity index (χ4n) is 1.17. The van der Waals surface area contributed by atoms with Gasteiger partial charge in [0, 0.05) is 17.6 Å². The molecule has 94 valence electrons. The Labute approximate surface area is 102 Å². The summed E-state index contributed by atoms with van der Waals surface area (Å²) in [5.41, 5.74) is -0.850. The lowest BCUT2D eigenvalue weighted by Gasteiger charge is -2.13. The highest BCUT2D eigenvalue weighted by Gasteiger charge is 2.34. The monoisotopic (exact) mass is 314 g/mol. The van der Waals surface area contributed by atoms with Crippen LogP contribution in [0.1, 0.15) is 0 Å². The molecule has 0 bridgehead atoms. The molecule has 0 heterocycles. The van der Waals surface area contributed by atoms with Crippen LogP contribution in [0.5, 0.6) is 5.75 Å². The Morgan fingerprint density at radius 2 is 2.06 bits per heavy atom. The molecule has 0 aliphatic carbocycles. The fourth-order valence-corrected chi connectivity index (χ4v) is 1.59. The number of alkyl halides is 3. The Morgan fingerprint density at radius 3 is 2.47 bits per heavy atom. The van der Waals surface area contributed by atoms with Crippen LogP contribution in [0.3, 0.4) is 0 Å². The van der Waals surface area contributed by atoms with Crippen LogP contribution in [0.25, 0.3) is 0 Å². The quantitative estimate of drug-likeness (QED) is 0.686. The molecule has 0 radical (unpaired) electrons. The molecule has 1 N–H and O–H groups in total. The van der Waals surface area contributed by atoms with Crippen LogP contribution in [0.15, 0.2) is 16.6 Å². The van der Waals surface area contributed by atoms with Crippen molar-refractivity contribution in [3.8, 4) is 5.75 Å². The van der Waals surface area contributed by atoms with Gasteiger partial charge in [-0.2, -0.15) is 0 Å². The van der Waals surface area contributed by atoms with E-state index in [9.17, 15) is 23.3 Å². The molecule has 1 aromatic carbocycles. The van der Waals surface area contributed by atoms with Crippen LogP contribution in [-0.2, 0) is 0 Å². The van der Waals surface area contributed by atoms with E-state index in [4.69, 9.17) is 0 Å². The molecule has 0 fully saturated rings. The predicted octanol–water partition coefficient (Wildman–Crippen LogP) is 3.30. The van der Waals surface area contributed by atoms with Gasteiger partial charge in [-0.1, -0.05) is 15.9 Å². The SMILES string of the molecule is CNc1c(OC(F)(F)F)cc(Br)cc1[N+](=O)[O-]. The summed E-state index contributed by atoms with van der Waals surface area (Å²) in [5.74, 6) is -0.666. The van der Waals surface area contributed by atoms with Crippen LogP contribution < -0.4 is 10.1 Å². The van der Waals surface area contributed by atoms with Crippen molar-refractivity contribution in [2.24, 2.45) is 0 Å². The van der Waals surface area contributed by atoms with Crippen molar-refractivity contribution in [2.75, 3.05) is 12.4 Å². The average Bonchev–Trinajstić information content (AvgIpc) is 2.14. The van der Waals surface area contributed by atoms with Gasteiger partial charge in [0.15, 0.2) is 11.4 Å². The summed E-state index contributed by atoms with van der Waals surface area (Å²) in [4.78, 5) is 9.85. The molecule has 0 atom stereocenters. The molecule has 9 heteroatoms. The van der Waals surface area contributed by atoms with E-state index >= 15 is 0 Å². The topological polar surface area (TPSA) is 64.4 Å². The number of nitro groups is 1. The first-order valence-corrected chi connectivity index (χ1v) is 4.95. The number of hydrogen-bond donors (Lipinski definition) is 1. The van der Waals surface area contributed by atoms with E-state index in [-0.39, 0.29) is 10.2 Å². The van der Waals surface area contributed by atoms with Gasteiger partial charge in [0.2, 0.25) is 0 Å². The zero-order valence-electron chi connectivity index (χ0n) is 8.34. The van der Waals surface area contributed by atoms with Gasteiger partial charge in [0.25, 0.3) is 5.69 Å². The van der Waals surface area contributed by atoms with Crippen molar-refractivity contribution < 1.29 is 22.8 Å². The molecule has 0 amide bonds. The van der Waals surface area contributed by atoms with Crippen molar-refractivity contribution >= 4 is 27.3 Å². The maximum atomic E-state index is 12.1. The maximum Gasteiger partial charge on any atom is 0.573 e. The third-order valence-corrected chi connectivity index (χ3v) is 2.18. The van der Waals surface area contributed by atoms with E-state index < -0.39 is 22.7 Å². The minimum Gasteiger partial charge on any atom is -0.403 e. The summed E-state index contributed by atoms with van der Waals surface area (Å²) >= 11 is 2.87. The third kappa shape index (κ3) is 3.48. The van der Waals surface area contributed by atoms with Gasteiger partial charge < -0.3 is 10.1 Å². The molecule has 0 aliphatic rings. The van der Waals surface area contributed by atoms with Gasteiger partial charge in [0.1, 0.15) is 0 Å². The first-order chi connectivity index (χ1) is 7.74. The number of hydrogen-bond acceptors (Lipinski definition) is 4. The number of rotatable bonds is 3. The fraction of sp³-hybridized carbons (Fsp3) is 0.250. The second-order valence-corrected chi connectivity index (χ2v) is 3.77. The van der Waals surface area contributed by atoms with Crippen molar-refractivity contribution in [3.63, 3.8) is 0 Å². The van der Waals surface area contributed by atoms with Crippen LogP contribution in [-0.4, -0.2) is 18.3 Å². The number of benzene rings is 1. The molecule has 5 nitrogen and oxygen atoms in total. The normalized spacial score (nSPS) is 11.1. The van der Waals surface area contributed by atoms with Gasteiger partial charge in [-0.15, -0.1) is 13.2 Å². The molecule has 0 unspecified atom stereocenters. The summed E-state index contributed by atoms with van der Waals surface area (Å²) in [6.07, 6.45) is -4.92. The smallest absolute Gasteiger partial charge is 0.403 e. The van der Waals surface area contributed by atoms with E-state index in [0.29, 0.717) is 0 Å². The standard InChI is InChI=1S/C8H6BrF3N2O3/c1-13-7-5(14(15)16)2-4(9)3-6(7)17-8(10,11)12/h2-3,13H,1H3. The Bertz CT molecular complexity index is 450. The first kappa shape index (κ1) is 13.6. The van der Waals surface area contributed by atoms with Crippen molar-refractivity contribution in [1.82, 2.24) is 0 Å². The highest BCUT2D eigenvalue weighted by Crippen LogP contribution is 2.39. The van der Waals surface area contributed by atoms with Gasteiger partial charge in [-0.3, -0.25) is 10.1 Å². The molecule has 0 aliphatic heterocycles. The van der Waals surface area contributed by atoms with Crippen molar-refractivity contribution in [2.45, 2.75) is 6.36 Å². The van der Waals surface area contributed by atoms with Gasteiger partial charge in [-0.25, -0.2) is 0 Å². The van der Waals surface area contributed by atoms with Crippen LogP contribution in [0.4, 0.5) is 24.5 Å². The van der Waals surface area contributed by atoms with Crippen molar-refractivity contribution in [1.29, 1.82) is 0 Å². The predicted molar refractivity (Wildman–Crippen MR) is 57.0 cm³/mol. The summed E-state index contributed by atoms with van der Waals surface area (Å²) in [6, 6.07) is 2.07. The highest BCUT2D eigenvalue weighted by atomic mass is 79.9. The second kappa shape index (κ2) is 4.78. The Hall–Kier alpha value is -1.51. The maximum absolute atomic E-state index is 12.1. The Balaban J connectivity index is 3.33. The lowest BCUT2D eigenvalue weighted by atomic mass is 10.2. The third-order valence-electron chi connectivity index (χ3n) is 1.72. The van der Waals surface area contributed by atoms with Gasteiger partial charge in [0.05, 0.1) is 4.92 Å². The lowest BCUT2D eigenvalue weighted by molar-refractivity contribution is -0.384. The van der Waals surface area contributed by atoms with Crippen LogP contribution in [0.2, 0.25) is 0 Å². The Kier molecular flexibility index (Phi) is 3.81. The summed E-state index contributed by atoms with van der Waals surface area (Å²) < 4.78 is 40.1. The molecule has 17 heavy (non-hydrogen) atoms. The van der Waals surface area contributed by atoms with E-state index in [1.807, 2.05) is 0 Å². The first-order valence-electron chi connectivity index (χ1n) is 4.16. The van der Waals surface area contributed by atoms with Crippen LogP contribution in [0, 0.1) is 10.1 Å². The summed E-state index contributed by atoms with van der Waals surface area (Å²) in [7, 11) is 1.26. The largest absolute Gasteiger partial charge is 0.573 e. The summed E-state index contributed by atoms with van der Waals surface area (Å²) in [6.45, 7) is 0. The minimum absolute atomic E-state index is 0.113. The zero-order valence-corrected chi connectivity index (χ0v) is 9.92. The summed E-state index contributed by atoms with van der Waals surface area (Å²) in [5, 5.41) is 13.0. The molecule has 0 spiro atoms. The number of anilines is 1. The molecule has 0 saturated heterocycles. The van der Waals surface area contributed by atoms with E-state index in [0.717, 1.165) is 12.1 Å². The molecule has 1 rings (SSSR count). The zero-order chi connectivity index (χ0) is 13.2. The molecule has 0 aromatic heterocycles. The average molecular weight is 315 g/mol. The highest BCUT2D eigenvalue weighted by molar-refractivity contribution is 9.10. The van der Waals surface area contributed by atoms with Gasteiger partial charge >= 0.3 is 6.36 Å². The molecule has 0 saturated carbocycles. The lowest BCUT2D eigenvalue weighted by Crippen LogP contribution is -2.18. The van der Waals surface area contributed by atoms with E-state index in [1.165, 1.54) is 7.05 Å². The molecular formula is C8H6BrF3N2O3. The van der Waals surface area contributed by atoms with Crippen LogP contribution >= 0.6 is 15.9 Å². The molecular weight excluding hydrogens is 309 g/mol. The number of halogens is 4. The van der Waals surface area contributed by atoms with Gasteiger partial charge in [-0.05, 0) is 6.07 Å². The molecule has 1 aromatic rings. The van der Waals surface area contributed by atoms with Crippen molar-refractivity contribution in [3.05, 3.63) is 26.7 Å². The van der Waals surface area contributed by atoms with E-state index in [1.54, 1.807) is 0 Å². The second-order valence-electron chi connectivity index (χ2n) is 2.85. The number of nitro benzene ring substituents is 1. The Morgan fingerprint density at radius 1 is 1.47 bits per heavy atom. The number of nitrogens with one attached hydrogen (secondary N) is 1. The van der Waals surface area contributed by atoms with E-state index in [2.05, 4.69) is 26.0 Å².